The van der Waals surface area contributed by atoms with Crippen molar-refractivity contribution in [2.24, 2.45) is 11.7 Å². The van der Waals surface area contributed by atoms with Crippen molar-refractivity contribution in [3.8, 4) is 0 Å². The first-order chi connectivity index (χ1) is 7.06. The van der Waals surface area contributed by atoms with Crippen LogP contribution < -0.4 is 5.73 Å². The fourth-order valence-electron chi connectivity index (χ4n) is 1.51. The molecule has 3 N–H and O–H groups in total. The van der Waals surface area contributed by atoms with Gasteiger partial charge in [0.1, 0.15) is 0 Å². The van der Waals surface area contributed by atoms with Gasteiger partial charge in [-0.3, -0.25) is 0 Å². The third kappa shape index (κ3) is 3.43. The van der Waals surface area contributed by atoms with E-state index in [0.717, 1.165) is 15.6 Å². The highest BCUT2D eigenvalue weighted by atomic mass is 127. The van der Waals surface area contributed by atoms with E-state index in [1.54, 1.807) is 0 Å². The van der Waals surface area contributed by atoms with Crippen LogP contribution in [-0.2, 0) is 0 Å². The van der Waals surface area contributed by atoms with Crippen LogP contribution in [0.1, 0.15) is 31.9 Å². The lowest BCUT2D eigenvalue weighted by molar-refractivity contribution is 0.0880. The van der Waals surface area contributed by atoms with Crippen molar-refractivity contribution in [3.05, 3.63) is 33.4 Å². The van der Waals surface area contributed by atoms with Gasteiger partial charge >= 0.3 is 0 Å². The molecule has 84 valence electrons. The summed E-state index contributed by atoms with van der Waals surface area (Å²) in [6.45, 7) is 4.09. The molecule has 0 fully saturated rings. The summed E-state index contributed by atoms with van der Waals surface area (Å²) in [5.74, 6) is 0.234. The van der Waals surface area contributed by atoms with Crippen LogP contribution in [-0.4, -0.2) is 11.2 Å². The van der Waals surface area contributed by atoms with Crippen molar-refractivity contribution in [2.75, 3.05) is 0 Å². The minimum absolute atomic E-state index is 0.234. The minimum Gasteiger partial charge on any atom is -0.391 e. The predicted molar refractivity (Wildman–Crippen MR) is 71.5 cm³/mol. The number of hydrogen-bond acceptors (Lipinski definition) is 2. The lowest BCUT2D eigenvalue weighted by Crippen LogP contribution is -2.31. The number of rotatable bonds is 4. The third-order valence-corrected chi connectivity index (χ3v) is 3.50. The Labute approximate surface area is 105 Å². The third-order valence-electron chi connectivity index (χ3n) is 2.83. The molecule has 3 atom stereocenters. The van der Waals surface area contributed by atoms with Gasteiger partial charge in [0, 0.05) is 3.57 Å². The first-order valence-corrected chi connectivity index (χ1v) is 6.33. The van der Waals surface area contributed by atoms with E-state index in [0.29, 0.717) is 0 Å². The van der Waals surface area contributed by atoms with Crippen LogP contribution in [0, 0.1) is 9.49 Å². The van der Waals surface area contributed by atoms with Gasteiger partial charge in [-0.25, -0.2) is 0 Å². The largest absolute Gasteiger partial charge is 0.391 e. The average Bonchev–Trinajstić information content (AvgIpc) is 2.26. The molecule has 0 spiro atoms. The Kier molecular flexibility index (Phi) is 5.02. The molecule has 1 aromatic rings. The topological polar surface area (TPSA) is 46.2 Å². The first-order valence-electron chi connectivity index (χ1n) is 5.25. The van der Waals surface area contributed by atoms with E-state index in [-0.39, 0.29) is 12.0 Å². The van der Waals surface area contributed by atoms with Crippen molar-refractivity contribution in [3.63, 3.8) is 0 Å². The molecule has 0 heterocycles. The van der Waals surface area contributed by atoms with Crippen molar-refractivity contribution in [1.82, 2.24) is 0 Å². The Balaban J connectivity index is 2.80. The molecule has 0 radical (unpaired) electrons. The number of aliphatic hydroxyl groups excluding tert-OH is 1. The Morgan fingerprint density at radius 3 is 2.67 bits per heavy atom. The van der Waals surface area contributed by atoms with Crippen LogP contribution >= 0.6 is 22.6 Å². The summed E-state index contributed by atoms with van der Waals surface area (Å²) in [4.78, 5) is 0. The Morgan fingerprint density at radius 2 is 2.13 bits per heavy atom. The smallest absolute Gasteiger partial charge is 0.0758 e. The highest BCUT2D eigenvalue weighted by Gasteiger charge is 2.21. The molecule has 0 aliphatic heterocycles. The zero-order valence-corrected chi connectivity index (χ0v) is 11.3. The Morgan fingerprint density at radius 1 is 1.47 bits per heavy atom. The molecular weight excluding hydrogens is 301 g/mol. The van der Waals surface area contributed by atoms with Gasteiger partial charge in [0.25, 0.3) is 0 Å². The number of hydrogen-bond donors (Lipinski definition) is 2. The van der Waals surface area contributed by atoms with Crippen LogP contribution in [0.2, 0.25) is 0 Å². The number of halogens is 1. The second kappa shape index (κ2) is 5.82. The summed E-state index contributed by atoms with van der Waals surface area (Å²) >= 11 is 2.25. The molecule has 0 aromatic heterocycles. The second-order valence-corrected chi connectivity index (χ2v) is 5.20. The maximum atomic E-state index is 10.0. The molecule has 1 aromatic carbocycles. The van der Waals surface area contributed by atoms with E-state index in [2.05, 4.69) is 29.5 Å². The van der Waals surface area contributed by atoms with Crippen molar-refractivity contribution < 1.29 is 5.11 Å². The van der Waals surface area contributed by atoms with E-state index >= 15 is 0 Å². The molecule has 3 heteroatoms. The summed E-state index contributed by atoms with van der Waals surface area (Å²) in [7, 11) is 0. The van der Waals surface area contributed by atoms with Gasteiger partial charge in [0.15, 0.2) is 0 Å². The van der Waals surface area contributed by atoms with Crippen LogP contribution in [0.4, 0.5) is 0 Å². The van der Waals surface area contributed by atoms with E-state index in [1.165, 1.54) is 0 Å². The highest BCUT2D eigenvalue weighted by Crippen LogP contribution is 2.22. The summed E-state index contributed by atoms with van der Waals surface area (Å²) < 4.78 is 1.15. The lowest BCUT2D eigenvalue weighted by Gasteiger charge is -2.24. The quantitative estimate of drug-likeness (QED) is 0.838. The van der Waals surface area contributed by atoms with E-state index in [4.69, 9.17) is 5.73 Å². The lowest BCUT2D eigenvalue weighted by atomic mass is 9.92. The molecule has 15 heavy (non-hydrogen) atoms. The van der Waals surface area contributed by atoms with Gasteiger partial charge in [0.05, 0.1) is 12.1 Å². The standard InChI is InChI=1S/C12H18INO/c1-3-8(2)12(15)11(14)9-5-4-6-10(13)7-9/h4-8,11-12,15H,3,14H2,1-2H3/t8?,11-,12+/m1/s1. The molecule has 0 amide bonds. The van der Waals surface area contributed by atoms with Crippen molar-refractivity contribution >= 4 is 22.6 Å². The van der Waals surface area contributed by atoms with Gasteiger partial charge < -0.3 is 10.8 Å². The molecule has 1 unspecified atom stereocenters. The van der Waals surface area contributed by atoms with Crippen LogP contribution in [0.15, 0.2) is 24.3 Å². The fraction of sp³-hybridized carbons (Fsp3) is 0.500. The van der Waals surface area contributed by atoms with Gasteiger partial charge in [-0.1, -0.05) is 32.4 Å². The van der Waals surface area contributed by atoms with Crippen LogP contribution in [0.3, 0.4) is 0 Å². The average molecular weight is 319 g/mol. The minimum atomic E-state index is -0.465. The first kappa shape index (κ1) is 12.9. The summed E-state index contributed by atoms with van der Waals surface area (Å²) in [6.07, 6.45) is 0.479. The van der Waals surface area contributed by atoms with E-state index < -0.39 is 6.10 Å². The van der Waals surface area contributed by atoms with Gasteiger partial charge in [-0.2, -0.15) is 0 Å². The summed E-state index contributed by atoms with van der Waals surface area (Å²) in [6, 6.07) is 7.71. The van der Waals surface area contributed by atoms with Crippen LogP contribution in [0.5, 0.6) is 0 Å². The van der Waals surface area contributed by atoms with Gasteiger partial charge in [-0.05, 0) is 46.2 Å². The Hall–Kier alpha value is -0.130. The summed E-state index contributed by atoms with van der Waals surface area (Å²) in [5.41, 5.74) is 7.04. The number of benzene rings is 1. The van der Waals surface area contributed by atoms with Gasteiger partial charge in [0.2, 0.25) is 0 Å². The zero-order valence-electron chi connectivity index (χ0n) is 9.15. The van der Waals surface area contributed by atoms with Crippen molar-refractivity contribution in [2.45, 2.75) is 32.4 Å². The normalized spacial score (nSPS) is 17.1. The maximum Gasteiger partial charge on any atom is 0.0758 e. The number of aliphatic hydroxyl groups is 1. The molecule has 1 rings (SSSR count). The molecule has 0 saturated carbocycles. The van der Waals surface area contributed by atoms with E-state index in [1.807, 2.05) is 31.2 Å². The van der Waals surface area contributed by atoms with E-state index in [9.17, 15) is 5.11 Å². The molecule has 0 aliphatic rings. The van der Waals surface area contributed by atoms with Crippen LogP contribution in [0.25, 0.3) is 0 Å². The molecule has 0 aliphatic carbocycles. The van der Waals surface area contributed by atoms with Crippen molar-refractivity contribution in [1.29, 1.82) is 0 Å². The highest BCUT2D eigenvalue weighted by molar-refractivity contribution is 14.1. The molecule has 0 bridgehead atoms. The predicted octanol–water partition coefficient (Wildman–Crippen LogP) is 2.70. The fourth-order valence-corrected chi connectivity index (χ4v) is 2.07. The molecular formula is C12H18INO. The second-order valence-electron chi connectivity index (χ2n) is 3.96. The molecule has 2 nitrogen and oxygen atoms in total. The monoisotopic (exact) mass is 319 g/mol. The SMILES string of the molecule is CCC(C)[C@H](O)[C@H](N)c1cccc(I)c1. The maximum absolute atomic E-state index is 10.0. The van der Waals surface area contributed by atoms with Gasteiger partial charge in [-0.15, -0.1) is 0 Å². The zero-order chi connectivity index (χ0) is 11.4. The molecule has 0 saturated heterocycles. The summed E-state index contributed by atoms with van der Waals surface area (Å²) in [5, 5.41) is 10.0. The number of nitrogens with two attached hydrogens (primary N) is 1. The Bertz CT molecular complexity index is 316.